The van der Waals surface area contributed by atoms with Crippen LogP contribution in [0.1, 0.15) is 37.8 Å². The summed E-state index contributed by atoms with van der Waals surface area (Å²) in [5.41, 5.74) is 1.08. The first kappa shape index (κ1) is 14.2. The van der Waals surface area contributed by atoms with E-state index in [1.165, 1.54) is 37.4 Å². The zero-order chi connectivity index (χ0) is 11.6. The van der Waals surface area contributed by atoms with E-state index in [1.54, 1.807) is 6.20 Å². The first-order valence-corrected chi connectivity index (χ1v) is 8.13. The molecule has 1 aliphatic rings. The van der Waals surface area contributed by atoms with E-state index in [0.29, 0.717) is 0 Å². The summed E-state index contributed by atoms with van der Waals surface area (Å²) in [5.74, 6) is 1.00. The van der Waals surface area contributed by atoms with Gasteiger partial charge in [0.1, 0.15) is 0 Å². The third-order valence-electron chi connectivity index (χ3n) is 2.81. The first-order chi connectivity index (χ1) is 7.86. The minimum absolute atomic E-state index is 0.841. The monoisotopic (exact) mass is 347 g/mol. The Bertz CT molecular complexity index is 258. The van der Waals surface area contributed by atoms with Crippen molar-refractivity contribution in [3.05, 3.63) is 30.1 Å². The molecule has 1 aliphatic carbocycles. The van der Waals surface area contributed by atoms with Gasteiger partial charge in [-0.2, -0.15) is 0 Å². The number of pyridine rings is 1. The summed E-state index contributed by atoms with van der Waals surface area (Å²) in [7, 11) is 0. The zero-order valence-corrected chi connectivity index (χ0v) is 12.7. The number of hydrogen-bond acceptors (Lipinski definition) is 1. The van der Waals surface area contributed by atoms with Gasteiger partial charge in [0.05, 0.1) is 5.69 Å². The van der Waals surface area contributed by atoms with Crippen LogP contribution in [0.25, 0.3) is 0 Å². The van der Waals surface area contributed by atoms with Crippen molar-refractivity contribution in [1.29, 1.82) is 0 Å². The van der Waals surface area contributed by atoms with Gasteiger partial charge in [0.2, 0.25) is 0 Å². The Morgan fingerprint density at radius 3 is 2.25 bits per heavy atom. The second-order valence-corrected chi connectivity index (χ2v) is 5.32. The van der Waals surface area contributed by atoms with Crippen LogP contribution < -0.4 is 0 Å². The maximum Gasteiger partial charge on any atom is 0.0509 e. The van der Waals surface area contributed by atoms with E-state index in [1.807, 2.05) is 18.2 Å². The number of alkyl halides is 2. The SMILES string of the molecule is BrCC1CCCCC1.BrCc1ccccn1. The predicted molar refractivity (Wildman–Crippen MR) is 77.2 cm³/mol. The fraction of sp³-hybridized carbons (Fsp3) is 0.615. The first-order valence-electron chi connectivity index (χ1n) is 5.88. The van der Waals surface area contributed by atoms with Crippen molar-refractivity contribution in [2.45, 2.75) is 37.4 Å². The van der Waals surface area contributed by atoms with Crippen molar-refractivity contribution in [3.8, 4) is 0 Å². The van der Waals surface area contributed by atoms with Crippen molar-refractivity contribution < 1.29 is 0 Å². The van der Waals surface area contributed by atoms with Gasteiger partial charge >= 0.3 is 0 Å². The molecule has 1 aromatic heterocycles. The Morgan fingerprint density at radius 2 is 1.88 bits per heavy atom. The quantitative estimate of drug-likeness (QED) is 0.690. The summed E-state index contributed by atoms with van der Waals surface area (Å²) < 4.78 is 0. The topological polar surface area (TPSA) is 12.9 Å². The minimum atomic E-state index is 0.841. The second kappa shape index (κ2) is 9.17. The van der Waals surface area contributed by atoms with Crippen LogP contribution in [0.4, 0.5) is 0 Å². The van der Waals surface area contributed by atoms with Crippen molar-refractivity contribution in [1.82, 2.24) is 4.98 Å². The third kappa shape index (κ3) is 6.00. The van der Waals surface area contributed by atoms with Gasteiger partial charge in [0.25, 0.3) is 0 Å². The summed E-state index contributed by atoms with van der Waals surface area (Å²) in [5, 5.41) is 2.07. The zero-order valence-electron chi connectivity index (χ0n) is 9.54. The molecule has 0 aliphatic heterocycles. The molecular formula is C13H19Br2N. The van der Waals surface area contributed by atoms with Crippen molar-refractivity contribution >= 4 is 31.9 Å². The Morgan fingerprint density at radius 1 is 1.12 bits per heavy atom. The van der Waals surface area contributed by atoms with Crippen LogP contribution in [0.5, 0.6) is 0 Å². The Kier molecular flexibility index (Phi) is 8.12. The van der Waals surface area contributed by atoms with E-state index in [0.717, 1.165) is 16.9 Å². The molecule has 2 rings (SSSR count). The largest absolute Gasteiger partial charge is 0.260 e. The van der Waals surface area contributed by atoms with Crippen LogP contribution in [-0.4, -0.2) is 10.3 Å². The highest BCUT2D eigenvalue weighted by Gasteiger charge is 2.10. The fourth-order valence-electron chi connectivity index (χ4n) is 1.82. The molecule has 1 aromatic rings. The fourth-order valence-corrected chi connectivity index (χ4v) is 2.80. The summed E-state index contributed by atoms with van der Waals surface area (Å²) in [6.45, 7) is 0. The van der Waals surface area contributed by atoms with Crippen LogP contribution in [-0.2, 0) is 5.33 Å². The number of rotatable bonds is 2. The minimum Gasteiger partial charge on any atom is -0.260 e. The number of hydrogen-bond donors (Lipinski definition) is 0. The summed E-state index contributed by atoms with van der Waals surface area (Å²) >= 11 is 6.81. The van der Waals surface area contributed by atoms with Crippen LogP contribution in [0.2, 0.25) is 0 Å². The van der Waals surface area contributed by atoms with Gasteiger partial charge in [-0.3, -0.25) is 4.98 Å². The lowest BCUT2D eigenvalue weighted by Crippen LogP contribution is -2.06. The average Bonchev–Trinajstić information content (AvgIpc) is 2.41. The molecule has 0 unspecified atom stereocenters. The predicted octanol–water partition coefficient (Wildman–Crippen LogP) is 4.94. The van der Waals surface area contributed by atoms with Gasteiger partial charge in [-0.05, 0) is 30.9 Å². The standard InChI is InChI=1S/C7H13Br.C6H6BrN/c8-6-7-4-2-1-3-5-7;7-5-6-3-1-2-4-8-6/h7H,1-6H2;1-4H,5H2. The molecule has 16 heavy (non-hydrogen) atoms. The number of halogens is 2. The molecule has 0 N–H and O–H groups in total. The van der Waals surface area contributed by atoms with Gasteiger partial charge in [-0.25, -0.2) is 0 Å². The van der Waals surface area contributed by atoms with E-state index in [2.05, 4.69) is 36.8 Å². The van der Waals surface area contributed by atoms with Crippen molar-refractivity contribution in [2.24, 2.45) is 5.92 Å². The molecule has 1 saturated carbocycles. The molecule has 0 bridgehead atoms. The highest BCUT2D eigenvalue weighted by molar-refractivity contribution is 9.09. The molecule has 0 amide bonds. The summed E-state index contributed by atoms with van der Waals surface area (Å²) in [6, 6.07) is 5.87. The molecule has 0 radical (unpaired) electrons. The van der Waals surface area contributed by atoms with Gasteiger partial charge in [-0.1, -0.05) is 57.2 Å². The average molecular weight is 349 g/mol. The molecule has 1 heterocycles. The molecular weight excluding hydrogens is 330 g/mol. The van der Waals surface area contributed by atoms with Crippen LogP contribution in [0, 0.1) is 5.92 Å². The van der Waals surface area contributed by atoms with Gasteiger partial charge in [0, 0.05) is 16.9 Å². The lowest BCUT2D eigenvalue weighted by Gasteiger charge is -2.18. The molecule has 1 nitrogen and oxygen atoms in total. The van der Waals surface area contributed by atoms with E-state index >= 15 is 0 Å². The lowest BCUT2D eigenvalue weighted by atomic mass is 9.91. The molecule has 1 fully saturated rings. The molecule has 0 spiro atoms. The summed E-state index contributed by atoms with van der Waals surface area (Å²) in [6.07, 6.45) is 9.13. The summed E-state index contributed by atoms with van der Waals surface area (Å²) in [4.78, 5) is 4.05. The van der Waals surface area contributed by atoms with Crippen molar-refractivity contribution in [3.63, 3.8) is 0 Å². The maximum absolute atomic E-state index is 4.05. The highest BCUT2D eigenvalue weighted by atomic mass is 79.9. The normalized spacial score (nSPS) is 16.4. The number of nitrogens with zero attached hydrogens (tertiary/aromatic N) is 1. The van der Waals surface area contributed by atoms with Crippen molar-refractivity contribution in [2.75, 3.05) is 5.33 Å². The third-order valence-corrected chi connectivity index (χ3v) is 4.30. The second-order valence-electron chi connectivity index (χ2n) is 4.11. The Labute approximate surface area is 115 Å². The van der Waals surface area contributed by atoms with Gasteiger partial charge < -0.3 is 0 Å². The van der Waals surface area contributed by atoms with Crippen LogP contribution >= 0.6 is 31.9 Å². The smallest absolute Gasteiger partial charge is 0.0509 e. The number of aromatic nitrogens is 1. The molecule has 0 saturated heterocycles. The van der Waals surface area contributed by atoms with E-state index in [-0.39, 0.29) is 0 Å². The lowest BCUT2D eigenvalue weighted by molar-refractivity contribution is 0.392. The van der Waals surface area contributed by atoms with E-state index in [4.69, 9.17) is 0 Å². The molecule has 90 valence electrons. The highest BCUT2D eigenvalue weighted by Crippen LogP contribution is 2.24. The van der Waals surface area contributed by atoms with E-state index in [9.17, 15) is 0 Å². The van der Waals surface area contributed by atoms with Gasteiger partial charge in [0.15, 0.2) is 0 Å². The van der Waals surface area contributed by atoms with Gasteiger partial charge in [-0.15, -0.1) is 0 Å². The maximum atomic E-state index is 4.05. The molecule has 0 aromatic carbocycles. The Balaban J connectivity index is 0.000000160. The van der Waals surface area contributed by atoms with Crippen LogP contribution in [0.15, 0.2) is 24.4 Å². The van der Waals surface area contributed by atoms with E-state index < -0.39 is 0 Å². The molecule has 0 atom stereocenters. The Hall–Kier alpha value is 0.110. The molecule has 3 heteroatoms. The van der Waals surface area contributed by atoms with Crippen LogP contribution in [0.3, 0.4) is 0 Å².